The molecule has 4 heteroatoms. The Morgan fingerprint density at radius 2 is 1.84 bits per heavy atom. The van der Waals surface area contributed by atoms with Gasteiger partial charge < -0.3 is 10.5 Å². The fourth-order valence-corrected chi connectivity index (χ4v) is 2.68. The average molecular weight is 329 g/mol. The molecule has 0 aliphatic heterocycles. The van der Waals surface area contributed by atoms with Crippen LogP contribution in [0.4, 0.5) is 0 Å². The highest BCUT2D eigenvalue weighted by atomic mass is 79.9. The summed E-state index contributed by atoms with van der Waals surface area (Å²) >= 11 is 3.50. The lowest BCUT2D eigenvalue weighted by Gasteiger charge is -2.30. The number of rotatable bonds is 7. The number of ether oxygens (including phenoxy) is 1. The number of halogens is 1. The highest BCUT2D eigenvalue weighted by Crippen LogP contribution is 2.22. The van der Waals surface area contributed by atoms with Crippen molar-refractivity contribution in [2.75, 3.05) is 13.2 Å². The van der Waals surface area contributed by atoms with Crippen LogP contribution < -0.4 is 10.5 Å². The van der Waals surface area contributed by atoms with Crippen LogP contribution in [0.25, 0.3) is 0 Å². The van der Waals surface area contributed by atoms with Crippen LogP contribution in [0.3, 0.4) is 0 Å². The maximum atomic E-state index is 5.80. The molecule has 1 aromatic rings. The van der Waals surface area contributed by atoms with E-state index in [0.717, 1.165) is 22.3 Å². The number of benzene rings is 1. The maximum absolute atomic E-state index is 5.80. The second kappa shape index (κ2) is 7.88. The van der Waals surface area contributed by atoms with Crippen LogP contribution in [0.2, 0.25) is 0 Å². The van der Waals surface area contributed by atoms with E-state index in [0.29, 0.717) is 25.2 Å². The molecule has 1 aromatic carbocycles. The van der Waals surface area contributed by atoms with Crippen LogP contribution in [0, 0.1) is 0 Å². The highest BCUT2D eigenvalue weighted by molar-refractivity contribution is 9.10. The Morgan fingerprint density at radius 1 is 1.21 bits per heavy atom. The number of nitrogens with two attached hydrogens (primary N) is 1. The van der Waals surface area contributed by atoms with Gasteiger partial charge in [-0.3, -0.25) is 4.90 Å². The summed E-state index contributed by atoms with van der Waals surface area (Å²) in [6.07, 6.45) is 0. The van der Waals surface area contributed by atoms with Gasteiger partial charge in [-0.25, -0.2) is 0 Å². The minimum absolute atomic E-state index is 0.537. The Bertz CT molecular complexity index is 386. The van der Waals surface area contributed by atoms with E-state index in [-0.39, 0.29) is 0 Å². The Balaban J connectivity index is 2.51. The van der Waals surface area contributed by atoms with E-state index >= 15 is 0 Å². The van der Waals surface area contributed by atoms with Gasteiger partial charge in [-0.1, -0.05) is 22.0 Å². The molecule has 3 nitrogen and oxygen atoms in total. The second-order valence-corrected chi connectivity index (χ2v) is 6.09. The predicted octanol–water partition coefficient (Wildman–Crippen LogP) is 3.41. The summed E-state index contributed by atoms with van der Waals surface area (Å²) in [6.45, 7) is 11.0. The first-order valence-electron chi connectivity index (χ1n) is 6.82. The van der Waals surface area contributed by atoms with E-state index < -0.39 is 0 Å². The molecule has 0 aliphatic carbocycles. The van der Waals surface area contributed by atoms with Crippen molar-refractivity contribution in [1.29, 1.82) is 0 Å². The van der Waals surface area contributed by atoms with Gasteiger partial charge in [-0.2, -0.15) is 0 Å². The van der Waals surface area contributed by atoms with E-state index in [4.69, 9.17) is 10.5 Å². The molecule has 0 saturated carbocycles. The third-order valence-electron chi connectivity index (χ3n) is 3.19. The van der Waals surface area contributed by atoms with Crippen LogP contribution in [-0.4, -0.2) is 30.1 Å². The van der Waals surface area contributed by atoms with Crippen molar-refractivity contribution < 1.29 is 4.74 Å². The molecule has 0 spiro atoms. The summed E-state index contributed by atoms with van der Waals surface area (Å²) in [5, 5.41) is 0. The first-order chi connectivity index (χ1) is 8.95. The predicted molar refractivity (Wildman–Crippen MR) is 84.5 cm³/mol. The van der Waals surface area contributed by atoms with Crippen molar-refractivity contribution in [3.63, 3.8) is 0 Å². The molecule has 0 fully saturated rings. The molecule has 1 rings (SSSR count). The molecule has 19 heavy (non-hydrogen) atoms. The zero-order valence-corrected chi connectivity index (χ0v) is 13.9. The maximum Gasteiger partial charge on any atom is 0.120 e. The Hall–Kier alpha value is -0.580. The normalized spacial score (nSPS) is 11.6. The molecule has 0 heterocycles. The molecule has 108 valence electrons. The quantitative estimate of drug-likeness (QED) is 0.833. The monoisotopic (exact) mass is 328 g/mol. The SMILES string of the molecule is CC(C)N(CCOc1ccc(CN)c(Br)c1)C(C)C. The lowest BCUT2D eigenvalue weighted by atomic mass is 10.2. The van der Waals surface area contributed by atoms with Crippen molar-refractivity contribution >= 4 is 15.9 Å². The molecule has 0 aliphatic rings. The molecule has 0 amide bonds. The first-order valence-corrected chi connectivity index (χ1v) is 7.62. The molecule has 0 aromatic heterocycles. The van der Waals surface area contributed by atoms with Gasteiger partial charge in [0.2, 0.25) is 0 Å². The van der Waals surface area contributed by atoms with E-state index in [2.05, 4.69) is 48.5 Å². The lowest BCUT2D eigenvalue weighted by molar-refractivity contribution is 0.142. The van der Waals surface area contributed by atoms with Gasteiger partial charge in [-0.05, 0) is 45.4 Å². The minimum atomic E-state index is 0.537. The lowest BCUT2D eigenvalue weighted by Crippen LogP contribution is -2.39. The van der Waals surface area contributed by atoms with Crippen molar-refractivity contribution in [1.82, 2.24) is 4.90 Å². The van der Waals surface area contributed by atoms with Crippen molar-refractivity contribution in [2.24, 2.45) is 5.73 Å². The Labute approximate surface area is 125 Å². The van der Waals surface area contributed by atoms with Crippen molar-refractivity contribution in [3.8, 4) is 5.75 Å². The van der Waals surface area contributed by atoms with Crippen LogP contribution in [0.5, 0.6) is 5.75 Å². The van der Waals surface area contributed by atoms with E-state index in [9.17, 15) is 0 Å². The molecule has 0 atom stereocenters. The molecule has 0 bridgehead atoms. The molecular weight excluding hydrogens is 304 g/mol. The zero-order valence-electron chi connectivity index (χ0n) is 12.3. The largest absolute Gasteiger partial charge is 0.492 e. The average Bonchev–Trinajstić information content (AvgIpc) is 2.33. The Kier molecular flexibility index (Phi) is 6.83. The van der Waals surface area contributed by atoms with E-state index in [1.807, 2.05) is 18.2 Å². The number of nitrogens with zero attached hydrogens (tertiary/aromatic N) is 1. The van der Waals surface area contributed by atoms with E-state index in [1.165, 1.54) is 0 Å². The third kappa shape index (κ3) is 5.13. The standard InChI is InChI=1S/C15H25BrN2O/c1-11(2)18(12(3)4)7-8-19-14-6-5-13(10-17)15(16)9-14/h5-6,9,11-12H,7-8,10,17H2,1-4H3. The first kappa shape index (κ1) is 16.5. The topological polar surface area (TPSA) is 38.5 Å². The van der Waals surface area contributed by atoms with Gasteiger partial charge in [0.15, 0.2) is 0 Å². The fraction of sp³-hybridized carbons (Fsp3) is 0.600. The number of hydrogen-bond donors (Lipinski definition) is 1. The van der Waals surface area contributed by atoms with Gasteiger partial charge in [0.25, 0.3) is 0 Å². The minimum Gasteiger partial charge on any atom is -0.492 e. The molecular formula is C15H25BrN2O. The van der Waals surface area contributed by atoms with Gasteiger partial charge in [-0.15, -0.1) is 0 Å². The number of hydrogen-bond acceptors (Lipinski definition) is 3. The van der Waals surface area contributed by atoms with Crippen molar-refractivity contribution in [3.05, 3.63) is 28.2 Å². The van der Waals surface area contributed by atoms with Gasteiger partial charge in [0.1, 0.15) is 12.4 Å². The van der Waals surface area contributed by atoms with Crippen LogP contribution >= 0.6 is 15.9 Å². The van der Waals surface area contributed by atoms with E-state index in [1.54, 1.807) is 0 Å². The Morgan fingerprint density at radius 3 is 2.32 bits per heavy atom. The highest BCUT2D eigenvalue weighted by Gasteiger charge is 2.12. The van der Waals surface area contributed by atoms with Crippen LogP contribution in [0.15, 0.2) is 22.7 Å². The summed E-state index contributed by atoms with van der Waals surface area (Å²) in [5.41, 5.74) is 6.73. The van der Waals surface area contributed by atoms with Crippen molar-refractivity contribution in [2.45, 2.75) is 46.3 Å². The fourth-order valence-electron chi connectivity index (χ4n) is 2.16. The summed E-state index contributed by atoms with van der Waals surface area (Å²) in [6, 6.07) is 7.03. The molecule has 2 N–H and O–H groups in total. The molecule has 0 unspecified atom stereocenters. The third-order valence-corrected chi connectivity index (χ3v) is 3.93. The molecule has 0 radical (unpaired) electrons. The summed E-state index contributed by atoms with van der Waals surface area (Å²) in [4.78, 5) is 2.42. The summed E-state index contributed by atoms with van der Waals surface area (Å²) in [5.74, 6) is 0.886. The van der Waals surface area contributed by atoms with Gasteiger partial charge in [0.05, 0.1) is 0 Å². The second-order valence-electron chi connectivity index (χ2n) is 5.23. The van der Waals surface area contributed by atoms with Gasteiger partial charge in [0, 0.05) is 29.6 Å². The summed E-state index contributed by atoms with van der Waals surface area (Å²) in [7, 11) is 0. The smallest absolute Gasteiger partial charge is 0.120 e. The van der Waals surface area contributed by atoms with Gasteiger partial charge >= 0.3 is 0 Å². The summed E-state index contributed by atoms with van der Waals surface area (Å²) < 4.78 is 6.82. The zero-order chi connectivity index (χ0) is 14.4. The van der Waals surface area contributed by atoms with Crippen LogP contribution in [-0.2, 0) is 6.54 Å². The molecule has 0 saturated heterocycles. The van der Waals surface area contributed by atoms with Crippen LogP contribution in [0.1, 0.15) is 33.3 Å².